The van der Waals surface area contributed by atoms with Crippen molar-refractivity contribution in [1.29, 1.82) is 0 Å². The Morgan fingerprint density at radius 1 is 1.50 bits per heavy atom. The van der Waals surface area contributed by atoms with E-state index in [1.807, 2.05) is 0 Å². The maximum absolute atomic E-state index is 5.82. The molecule has 0 fully saturated rings. The van der Waals surface area contributed by atoms with Gasteiger partial charge in [0, 0.05) is 10.4 Å². The first-order valence-electron chi connectivity index (χ1n) is 4.69. The molecule has 0 aliphatic heterocycles. The fraction of sp³-hybridized carbons (Fsp3) is 0.333. The molecule has 0 aliphatic carbocycles. The van der Waals surface area contributed by atoms with Gasteiger partial charge >= 0.3 is 0 Å². The van der Waals surface area contributed by atoms with Crippen LogP contribution >= 0.6 is 27.5 Å². The van der Waals surface area contributed by atoms with Crippen molar-refractivity contribution in [2.75, 3.05) is 5.88 Å². The first kappa shape index (κ1) is 11.8. The zero-order valence-electron chi connectivity index (χ0n) is 8.48. The highest BCUT2D eigenvalue weighted by Gasteiger charge is 1.98. The van der Waals surface area contributed by atoms with Gasteiger partial charge in [0.05, 0.1) is 0 Å². The summed E-state index contributed by atoms with van der Waals surface area (Å²) in [6, 6.07) is 6.34. The number of allylic oxidation sites excluding steroid dienone is 1. The van der Waals surface area contributed by atoms with Gasteiger partial charge in [0.1, 0.15) is 0 Å². The minimum atomic E-state index is 0.608. The molecule has 76 valence electrons. The van der Waals surface area contributed by atoms with E-state index in [1.165, 1.54) is 16.7 Å². The summed E-state index contributed by atoms with van der Waals surface area (Å²) in [5, 5.41) is 0. The van der Waals surface area contributed by atoms with E-state index in [0.29, 0.717) is 5.88 Å². The third kappa shape index (κ3) is 3.14. The van der Waals surface area contributed by atoms with Crippen LogP contribution in [0, 0.1) is 6.92 Å². The normalized spacial score (nSPS) is 11.9. The molecule has 1 aromatic carbocycles. The topological polar surface area (TPSA) is 0 Å². The third-order valence-electron chi connectivity index (χ3n) is 2.14. The SMILES string of the molecule is CC/C(=C/c1ccc(C)cc1Br)CCl. The molecule has 0 saturated carbocycles. The Kier molecular flexibility index (Phi) is 4.70. The molecule has 0 nitrogen and oxygen atoms in total. The van der Waals surface area contributed by atoms with Crippen LogP contribution in [0.2, 0.25) is 0 Å². The molecule has 0 heterocycles. The summed E-state index contributed by atoms with van der Waals surface area (Å²) in [5.41, 5.74) is 3.72. The van der Waals surface area contributed by atoms with Crippen LogP contribution in [-0.2, 0) is 0 Å². The van der Waals surface area contributed by atoms with Crippen LogP contribution in [0.15, 0.2) is 28.2 Å². The highest BCUT2D eigenvalue weighted by molar-refractivity contribution is 9.10. The first-order valence-corrected chi connectivity index (χ1v) is 6.01. The minimum absolute atomic E-state index is 0.608. The molecule has 0 unspecified atom stereocenters. The van der Waals surface area contributed by atoms with Crippen molar-refractivity contribution in [2.45, 2.75) is 20.3 Å². The van der Waals surface area contributed by atoms with E-state index in [-0.39, 0.29) is 0 Å². The molecular weight excluding hydrogens is 259 g/mol. The molecule has 0 saturated heterocycles. The third-order valence-corrected chi connectivity index (χ3v) is 3.17. The van der Waals surface area contributed by atoms with E-state index in [9.17, 15) is 0 Å². The van der Waals surface area contributed by atoms with Gasteiger partial charge in [0.25, 0.3) is 0 Å². The average Bonchev–Trinajstić information content (AvgIpc) is 2.17. The zero-order valence-corrected chi connectivity index (χ0v) is 10.8. The Morgan fingerprint density at radius 3 is 2.71 bits per heavy atom. The molecule has 0 aliphatic rings. The van der Waals surface area contributed by atoms with E-state index in [0.717, 1.165) is 10.9 Å². The predicted octanol–water partition coefficient (Wildman–Crippen LogP) is 4.79. The van der Waals surface area contributed by atoms with Crippen molar-refractivity contribution in [3.63, 3.8) is 0 Å². The molecule has 14 heavy (non-hydrogen) atoms. The van der Waals surface area contributed by atoms with E-state index >= 15 is 0 Å². The highest BCUT2D eigenvalue weighted by atomic mass is 79.9. The molecule has 1 aromatic rings. The second kappa shape index (κ2) is 5.57. The van der Waals surface area contributed by atoms with Crippen LogP contribution < -0.4 is 0 Å². The number of halogens is 2. The molecular formula is C12H14BrCl. The second-order valence-electron chi connectivity index (χ2n) is 3.31. The number of rotatable bonds is 3. The van der Waals surface area contributed by atoms with Crippen LogP contribution in [-0.4, -0.2) is 5.88 Å². The van der Waals surface area contributed by atoms with Crippen molar-refractivity contribution < 1.29 is 0 Å². The summed E-state index contributed by atoms with van der Waals surface area (Å²) in [6.07, 6.45) is 3.15. The van der Waals surface area contributed by atoms with E-state index < -0.39 is 0 Å². The Morgan fingerprint density at radius 2 is 2.21 bits per heavy atom. The number of benzene rings is 1. The smallest absolute Gasteiger partial charge is 0.0436 e. The summed E-state index contributed by atoms with van der Waals surface area (Å²) in [6.45, 7) is 4.21. The quantitative estimate of drug-likeness (QED) is 0.695. The summed E-state index contributed by atoms with van der Waals surface area (Å²) < 4.78 is 1.13. The average molecular weight is 274 g/mol. The molecule has 0 amide bonds. The van der Waals surface area contributed by atoms with Gasteiger partial charge in [-0.3, -0.25) is 0 Å². The largest absolute Gasteiger partial charge is 0.122 e. The fourth-order valence-electron chi connectivity index (χ4n) is 1.20. The number of alkyl halides is 1. The number of aryl methyl sites for hydroxylation is 1. The maximum Gasteiger partial charge on any atom is 0.0436 e. The lowest BCUT2D eigenvalue weighted by Gasteiger charge is -2.03. The van der Waals surface area contributed by atoms with Gasteiger partial charge in [-0.25, -0.2) is 0 Å². The van der Waals surface area contributed by atoms with Crippen molar-refractivity contribution in [3.8, 4) is 0 Å². The van der Waals surface area contributed by atoms with Gasteiger partial charge in [-0.05, 0) is 30.5 Å². The lowest BCUT2D eigenvalue weighted by Crippen LogP contribution is -1.84. The van der Waals surface area contributed by atoms with E-state index in [1.54, 1.807) is 0 Å². The van der Waals surface area contributed by atoms with Gasteiger partial charge in [0.15, 0.2) is 0 Å². The van der Waals surface area contributed by atoms with Crippen LogP contribution in [0.25, 0.3) is 6.08 Å². The molecule has 1 rings (SSSR count). The lowest BCUT2D eigenvalue weighted by atomic mass is 10.1. The number of hydrogen-bond acceptors (Lipinski definition) is 0. The summed E-state index contributed by atoms with van der Waals surface area (Å²) >= 11 is 9.36. The molecule has 0 N–H and O–H groups in total. The van der Waals surface area contributed by atoms with E-state index in [2.05, 4.69) is 54.1 Å². The predicted molar refractivity (Wildman–Crippen MR) is 67.9 cm³/mol. The Balaban J connectivity index is 3.02. The van der Waals surface area contributed by atoms with Crippen LogP contribution in [0.4, 0.5) is 0 Å². The first-order chi connectivity index (χ1) is 6.67. The maximum atomic E-state index is 5.82. The lowest BCUT2D eigenvalue weighted by molar-refractivity contribution is 1.12. The molecule has 0 spiro atoms. The van der Waals surface area contributed by atoms with Crippen LogP contribution in [0.1, 0.15) is 24.5 Å². The highest BCUT2D eigenvalue weighted by Crippen LogP contribution is 2.22. The van der Waals surface area contributed by atoms with Gasteiger partial charge < -0.3 is 0 Å². The Labute approximate surface area is 99.1 Å². The summed E-state index contributed by atoms with van der Waals surface area (Å²) in [7, 11) is 0. The number of hydrogen-bond donors (Lipinski definition) is 0. The van der Waals surface area contributed by atoms with Crippen molar-refractivity contribution >= 4 is 33.6 Å². The van der Waals surface area contributed by atoms with Crippen molar-refractivity contribution in [3.05, 3.63) is 39.4 Å². The van der Waals surface area contributed by atoms with Crippen LogP contribution in [0.3, 0.4) is 0 Å². The summed E-state index contributed by atoms with van der Waals surface area (Å²) in [4.78, 5) is 0. The molecule has 2 heteroatoms. The second-order valence-corrected chi connectivity index (χ2v) is 4.44. The van der Waals surface area contributed by atoms with Crippen molar-refractivity contribution in [1.82, 2.24) is 0 Å². The van der Waals surface area contributed by atoms with Gasteiger partial charge in [-0.2, -0.15) is 0 Å². The molecule has 0 radical (unpaired) electrons. The molecule has 0 atom stereocenters. The summed E-state index contributed by atoms with van der Waals surface area (Å²) in [5.74, 6) is 0.608. The minimum Gasteiger partial charge on any atom is -0.122 e. The van der Waals surface area contributed by atoms with Gasteiger partial charge in [-0.15, -0.1) is 11.6 Å². The zero-order chi connectivity index (χ0) is 10.6. The van der Waals surface area contributed by atoms with Gasteiger partial charge in [0.2, 0.25) is 0 Å². The van der Waals surface area contributed by atoms with Crippen LogP contribution in [0.5, 0.6) is 0 Å². The van der Waals surface area contributed by atoms with Gasteiger partial charge in [-0.1, -0.05) is 46.6 Å². The van der Waals surface area contributed by atoms with Crippen molar-refractivity contribution in [2.24, 2.45) is 0 Å². The van der Waals surface area contributed by atoms with E-state index in [4.69, 9.17) is 11.6 Å². The molecule has 0 bridgehead atoms. The monoisotopic (exact) mass is 272 g/mol. The Hall–Kier alpha value is -0.270. The Bertz CT molecular complexity index is 336. The fourth-order valence-corrected chi connectivity index (χ4v) is 2.08. The molecule has 0 aromatic heterocycles. The standard InChI is InChI=1S/C12H14BrCl/c1-3-10(8-14)7-11-5-4-9(2)6-12(11)13/h4-7H,3,8H2,1-2H3/b10-7-.